The van der Waals surface area contributed by atoms with E-state index >= 15 is 0 Å². The first-order valence-corrected chi connectivity index (χ1v) is 9.36. The Kier molecular flexibility index (Phi) is 5.61. The van der Waals surface area contributed by atoms with Crippen molar-refractivity contribution in [2.24, 2.45) is 5.92 Å². The summed E-state index contributed by atoms with van der Waals surface area (Å²) in [6.45, 7) is 6.92. The average Bonchev–Trinajstić information content (AvgIpc) is 2.67. The highest BCUT2D eigenvalue weighted by Crippen LogP contribution is 2.37. The summed E-state index contributed by atoms with van der Waals surface area (Å²) in [5.41, 5.74) is -0.00334. The van der Waals surface area contributed by atoms with Crippen molar-refractivity contribution in [1.82, 2.24) is 9.80 Å². The van der Waals surface area contributed by atoms with Gasteiger partial charge in [-0.2, -0.15) is 0 Å². The molecule has 2 fully saturated rings. The van der Waals surface area contributed by atoms with E-state index in [1.807, 2.05) is 29.7 Å². The van der Waals surface area contributed by atoms with Gasteiger partial charge in [-0.3, -0.25) is 9.59 Å². The van der Waals surface area contributed by atoms with Crippen LogP contribution < -0.4 is 0 Å². The van der Waals surface area contributed by atoms with E-state index in [1.54, 1.807) is 6.07 Å². The summed E-state index contributed by atoms with van der Waals surface area (Å²) < 4.78 is 19.3. The van der Waals surface area contributed by atoms with Gasteiger partial charge in [0, 0.05) is 45.3 Å². The van der Waals surface area contributed by atoms with Crippen LogP contribution in [0.25, 0.3) is 0 Å². The van der Waals surface area contributed by atoms with Crippen molar-refractivity contribution in [3.8, 4) is 0 Å². The van der Waals surface area contributed by atoms with Gasteiger partial charge in [-0.05, 0) is 30.5 Å². The second kappa shape index (κ2) is 7.74. The SMILES string of the molecule is CC(C)C(=O)N1CCN(C(=O)C2(c3cccc(F)c3)CCOCC2)CC1. The zero-order valence-electron chi connectivity index (χ0n) is 15.5. The molecule has 0 N–H and O–H groups in total. The van der Waals surface area contributed by atoms with Gasteiger partial charge in [0.05, 0.1) is 5.41 Å². The minimum absolute atomic E-state index is 0.0306. The molecule has 2 aliphatic heterocycles. The number of amides is 2. The summed E-state index contributed by atoms with van der Waals surface area (Å²) in [5, 5.41) is 0. The number of hydrogen-bond acceptors (Lipinski definition) is 3. The first-order valence-electron chi connectivity index (χ1n) is 9.36. The third kappa shape index (κ3) is 3.61. The molecule has 2 amide bonds. The van der Waals surface area contributed by atoms with E-state index < -0.39 is 5.41 Å². The Morgan fingerprint density at radius 2 is 1.69 bits per heavy atom. The molecule has 0 atom stereocenters. The molecule has 3 rings (SSSR count). The second-order valence-corrected chi connectivity index (χ2v) is 7.48. The van der Waals surface area contributed by atoms with E-state index in [0.717, 1.165) is 5.56 Å². The molecular weight excluding hydrogens is 335 g/mol. The highest BCUT2D eigenvalue weighted by molar-refractivity contribution is 5.89. The topological polar surface area (TPSA) is 49.9 Å². The van der Waals surface area contributed by atoms with Crippen molar-refractivity contribution in [1.29, 1.82) is 0 Å². The fraction of sp³-hybridized carbons (Fsp3) is 0.600. The average molecular weight is 362 g/mol. The van der Waals surface area contributed by atoms with Gasteiger partial charge in [-0.25, -0.2) is 4.39 Å². The van der Waals surface area contributed by atoms with Crippen LogP contribution in [0.15, 0.2) is 24.3 Å². The van der Waals surface area contributed by atoms with Crippen LogP contribution >= 0.6 is 0 Å². The molecule has 0 aliphatic carbocycles. The first-order chi connectivity index (χ1) is 12.4. The summed E-state index contributed by atoms with van der Waals surface area (Å²) in [6, 6.07) is 6.37. The van der Waals surface area contributed by atoms with Gasteiger partial charge in [-0.15, -0.1) is 0 Å². The lowest BCUT2D eigenvalue weighted by Crippen LogP contribution is -2.57. The standard InChI is InChI=1S/C20H27FN2O3/c1-15(2)18(24)22-8-10-23(11-9-22)19(25)20(6-12-26-13-7-20)16-4-3-5-17(21)14-16/h3-5,14-15H,6-13H2,1-2H3. The normalized spacial score (nSPS) is 20.3. The van der Waals surface area contributed by atoms with Gasteiger partial charge in [0.1, 0.15) is 5.82 Å². The maximum Gasteiger partial charge on any atom is 0.233 e. The fourth-order valence-electron chi connectivity index (χ4n) is 3.93. The van der Waals surface area contributed by atoms with Crippen LogP contribution in [0.5, 0.6) is 0 Å². The zero-order valence-corrected chi connectivity index (χ0v) is 15.5. The summed E-state index contributed by atoms with van der Waals surface area (Å²) in [6.07, 6.45) is 1.11. The van der Waals surface area contributed by atoms with Gasteiger partial charge in [-0.1, -0.05) is 26.0 Å². The first kappa shape index (κ1) is 18.8. The predicted octanol–water partition coefficient (Wildman–Crippen LogP) is 2.20. The quantitative estimate of drug-likeness (QED) is 0.828. The molecule has 26 heavy (non-hydrogen) atoms. The van der Waals surface area contributed by atoms with Crippen molar-refractivity contribution < 1.29 is 18.7 Å². The highest BCUT2D eigenvalue weighted by atomic mass is 19.1. The van der Waals surface area contributed by atoms with E-state index in [-0.39, 0.29) is 23.5 Å². The molecule has 142 valence electrons. The number of piperazine rings is 1. The van der Waals surface area contributed by atoms with E-state index in [1.165, 1.54) is 12.1 Å². The van der Waals surface area contributed by atoms with Crippen LogP contribution in [0, 0.1) is 11.7 Å². The lowest BCUT2D eigenvalue weighted by atomic mass is 9.73. The van der Waals surface area contributed by atoms with Crippen molar-refractivity contribution >= 4 is 11.8 Å². The van der Waals surface area contributed by atoms with E-state index in [4.69, 9.17) is 4.74 Å². The molecule has 0 saturated carbocycles. The Balaban J connectivity index is 1.78. The number of carbonyl (C=O) groups is 2. The van der Waals surface area contributed by atoms with Gasteiger partial charge >= 0.3 is 0 Å². The molecule has 0 spiro atoms. The van der Waals surface area contributed by atoms with Crippen LogP contribution in [0.1, 0.15) is 32.3 Å². The molecule has 0 radical (unpaired) electrons. The number of carbonyl (C=O) groups excluding carboxylic acids is 2. The monoisotopic (exact) mass is 362 g/mol. The number of rotatable bonds is 3. The summed E-state index contributed by atoms with van der Waals surface area (Å²) >= 11 is 0. The molecular formula is C20H27FN2O3. The molecule has 6 heteroatoms. The maximum atomic E-state index is 13.8. The van der Waals surface area contributed by atoms with Crippen molar-refractivity contribution in [2.75, 3.05) is 39.4 Å². The number of hydrogen-bond donors (Lipinski definition) is 0. The van der Waals surface area contributed by atoms with Gasteiger partial charge in [0.25, 0.3) is 0 Å². The molecule has 2 saturated heterocycles. The summed E-state index contributed by atoms with van der Waals surface area (Å²) in [4.78, 5) is 29.3. The number of ether oxygens (including phenoxy) is 1. The molecule has 0 aromatic heterocycles. The maximum absolute atomic E-state index is 13.8. The summed E-state index contributed by atoms with van der Waals surface area (Å²) in [5.74, 6) is -0.203. The largest absolute Gasteiger partial charge is 0.381 e. The van der Waals surface area contributed by atoms with Crippen LogP contribution in [-0.4, -0.2) is 61.0 Å². The number of benzene rings is 1. The lowest BCUT2D eigenvalue weighted by molar-refractivity contribution is -0.147. The smallest absolute Gasteiger partial charge is 0.233 e. The number of halogens is 1. The van der Waals surface area contributed by atoms with Crippen LogP contribution in [-0.2, 0) is 19.7 Å². The van der Waals surface area contributed by atoms with Crippen LogP contribution in [0.4, 0.5) is 4.39 Å². The summed E-state index contributed by atoms with van der Waals surface area (Å²) in [7, 11) is 0. The molecule has 2 aliphatic rings. The highest BCUT2D eigenvalue weighted by Gasteiger charge is 2.45. The van der Waals surface area contributed by atoms with Gasteiger partial charge < -0.3 is 14.5 Å². The molecule has 0 bridgehead atoms. The Bertz CT molecular complexity index is 663. The molecule has 5 nitrogen and oxygen atoms in total. The molecule has 1 aromatic carbocycles. The minimum atomic E-state index is -0.732. The Morgan fingerprint density at radius 1 is 1.08 bits per heavy atom. The van der Waals surface area contributed by atoms with Gasteiger partial charge in [0.15, 0.2) is 0 Å². The third-order valence-electron chi connectivity index (χ3n) is 5.51. The lowest BCUT2D eigenvalue weighted by Gasteiger charge is -2.43. The Morgan fingerprint density at radius 3 is 2.27 bits per heavy atom. The Hall–Kier alpha value is -1.95. The molecule has 2 heterocycles. The van der Waals surface area contributed by atoms with Crippen molar-refractivity contribution in [3.63, 3.8) is 0 Å². The van der Waals surface area contributed by atoms with Gasteiger partial charge in [0.2, 0.25) is 11.8 Å². The predicted molar refractivity (Wildman–Crippen MR) is 96.1 cm³/mol. The van der Waals surface area contributed by atoms with E-state index in [9.17, 15) is 14.0 Å². The van der Waals surface area contributed by atoms with Crippen molar-refractivity contribution in [3.05, 3.63) is 35.6 Å². The minimum Gasteiger partial charge on any atom is -0.381 e. The van der Waals surface area contributed by atoms with Crippen molar-refractivity contribution in [2.45, 2.75) is 32.1 Å². The zero-order chi connectivity index (χ0) is 18.7. The van der Waals surface area contributed by atoms with Crippen LogP contribution in [0.3, 0.4) is 0 Å². The van der Waals surface area contributed by atoms with E-state index in [0.29, 0.717) is 52.2 Å². The second-order valence-electron chi connectivity index (χ2n) is 7.48. The molecule has 1 aromatic rings. The molecule has 0 unspecified atom stereocenters. The number of nitrogens with zero attached hydrogens (tertiary/aromatic N) is 2. The third-order valence-corrected chi connectivity index (χ3v) is 5.51. The fourth-order valence-corrected chi connectivity index (χ4v) is 3.93. The Labute approximate surface area is 154 Å². The van der Waals surface area contributed by atoms with E-state index in [2.05, 4.69) is 0 Å². The van der Waals surface area contributed by atoms with Crippen LogP contribution in [0.2, 0.25) is 0 Å².